The molecule has 7 rings (SSSR count). The summed E-state index contributed by atoms with van der Waals surface area (Å²) in [6.07, 6.45) is 6.66. The predicted molar refractivity (Wildman–Crippen MR) is 118 cm³/mol. The number of carbonyl (C=O) groups is 1. The second-order valence-corrected chi connectivity index (χ2v) is 9.36. The standard InChI is InChI=1S/C23H26N6O3/c1-2-31-23(30)14-3-5-17(6-4-14)24-19-20(27-22-21(26-19)28-32-29-22)25-18-15-8-12-7-13(10-15)11-16(18)9-12/h3-6,12-13,15-16,18H,2,7-11H2,1H3,(H,24,26,28)(H,25,27,29). The summed E-state index contributed by atoms with van der Waals surface area (Å²) >= 11 is 0. The Bertz CT molecular complexity index is 1120. The Morgan fingerprint density at radius 3 is 2.22 bits per heavy atom. The molecule has 2 N–H and O–H groups in total. The second kappa shape index (κ2) is 7.72. The van der Waals surface area contributed by atoms with Crippen molar-refractivity contribution in [3.8, 4) is 0 Å². The lowest BCUT2D eigenvalue weighted by molar-refractivity contribution is 0.00744. The lowest BCUT2D eigenvalue weighted by atomic mass is 9.54. The summed E-state index contributed by atoms with van der Waals surface area (Å²) in [5.41, 5.74) is 2.04. The van der Waals surface area contributed by atoms with Crippen molar-refractivity contribution < 1.29 is 14.2 Å². The first-order valence-electron chi connectivity index (χ1n) is 11.5. The molecule has 0 saturated heterocycles. The minimum atomic E-state index is -0.335. The predicted octanol–water partition coefficient (Wildman–Crippen LogP) is 4.17. The van der Waals surface area contributed by atoms with Gasteiger partial charge in [-0.05, 0) is 97.3 Å². The number of nitrogens with one attached hydrogen (secondary N) is 2. The van der Waals surface area contributed by atoms with Gasteiger partial charge in [0.1, 0.15) is 0 Å². The molecule has 0 aliphatic heterocycles. The van der Waals surface area contributed by atoms with Crippen LogP contribution in [0.1, 0.15) is 49.4 Å². The average molecular weight is 435 g/mol. The lowest BCUT2D eigenvalue weighted by Crippen LogP contribution is -2.51. The summed E-state index contributed by atoms with van der Waals surface area (Å²) in [5, 5.41) is 14.8. The van der Waals surface area contributed by atoms with Gasteiger partial charge in [0.25, 0.3) is 0 Å². The van der Waals surface area contributed by atoms with Gasteiger partial charge in [0, 0.05) is 11.7 Å². The highest BCUT2D eigenvalue weighted by molar-refractivity contribution is 5.90. The van der Waals surface area contributed by atoms with E-state index < -0.39 is 0 Å². The molecule has 0 radical (unpaired) electrons. The molecule has 3 aromatic rings. The van der Waals surface area contributed by atoms with Gasteiger partial charge in [0.2, 0.25) is 11.3 Å². The molecule has 4 aliphatic rings. The SMILES string of the molecule is CCOC(=O)c1ccc(Nc2nc3nonc3nc2NC2C3CC4CC(C3)CC2C4)cc1. The largest absolute Gasteiger partial charge is 0.462 e. The number of esters is 1. The van der Waals surface area contributed by atoms with Gasteiger partial charge in [0.05, 0.1) is 12.2 Å². The summed E-state index contributed by atoms with van der Waals surface area (Å²) in [6, 6.07) is 7.52. The number of nitrogens with zero attached hydrogens (tertiary/aromatic N) is 4. The molecule has 4 aliphatic carbocycles. The van der Waals surface area contributed by atoms with Crippen LogP contribution < -0.4 is 10.6 Å². The highest BCUT2D eigenvalue weighted by Crippen LogP contribution is 2.54. The number of hydrogen-bond acceptors (Lipinski definition) is 9. The third-order valence-corrected chi connectivity index (χ3v) is 7.30. The van der Waals surface area contributed by atoms with Gasteiger partial charge in [0.15, 0.2) is 11.6 Å². The zero-order chi connectivity index (χ0) is 21.7. The van der Waals surface area contributed by atoms with Gasteiger partial charge in [-0.15, -0.1) is 0 Å². The zero-order valence-corrected chi connectivity index (χ0v) is 18.0. The van der Waals surface area contributed by atoms with Gasteiger partial charge in [-0.2, -0.15) is 0 Å². The van der Waals surface area contributed by atoms with Crippen molar-refractivity contribution in [3.05, 3.63) is 29.8 Å². The number of hydrogen-bond donors (Lipinski definition) is 2. The second-order valence-electron chi connectivity index (χ2n) is 9.36. The molecule has 0 unspecified atom stereocenters. The molecule has 1 aromatic carbocycles. The minimum absolute atomic E-state index is 0.335. The molecule has 4 bridgehead atoms. The van der Waals surface area contributed by atoms with Gasteiger partial charge >= 0.3 is 5.97 Å². The Labute approximate surface area is 185 Å². The van der Waals surface area contributed by atoms with Crippen molar-refractivity contribution in [2.45, 2.75) is 45.1 Å². The quantitative estimate of drug-likeness (QED) is 0.551. The van der Waals surface area contributed by atoms with Crippen LogP contribution in [-0.4, -0.2) is 38.9 Å². The van der Waals surface area contributed by atoms with Gasteiger partial charge in [-0.1, -0.05) is 0 Å². The van der Waals surface area contributed by atoms with Crippen molar-refractivity contribution >= 4 is 34.6 Å². The molecule has 0 atom stereocenters. The van der Waals surface area contributed by atoms with Crippen LogP contribution in [0, 0.1) is 23.7 Å². The average Bonchev–Trinajstić information content (AvgIpc) is 3.23. The molecule has 166 valence electrons. The molecule has 2 aromatic heterocycles. The van der Waals surface area contributed by atoms with Crippen LogP contribution in [-0.2, 0) is 4.74 Å². The number of rotatable bonds is 6. The van der Waals surface area contributed by atoms with Crippen molar-refractivity contribution in [2.75, 3.05) is 17.2 Å². The van der Waals surface area contributed by atoms with Crippen LogP contribution in [0.3, 0.4) is 0 Å². The Kier molecular flexibility index (Phi) is 4.69. The molecule has 0 spiro atoms. The zero-order valence-electron chi connectivity index (χ0n) is 18.0. The van der Waals surface area contributed by atoms with Crippen molar-refractivity contribution in [2.24, 2.45) is 23.7 Å². The van der Waals surface area contributed by atoms with E-state index in [4.69, 9.17) is 9.37 Å². The van der Waals surface area contributed by atoms with Crippen LogP contribution in [0.15, 0.2) is 28.9 Å². The third-order valence-electron chi connectivity index (χ3n) is 7.30. The van der Waals surface area contributed by atoms with Crippen molar-refractivity contribution in [1.29, 1.82) is 0 Å². The normalized spacial score (nSPS) is 28.1. The molecule has 4 saturated carbocycles. The summed E-state index contributed by atoms with van der Waals surface area (Å²) < 4.78 is 9.90. The van der Waals surface area contributed by atoms with E-state index in [2.05, 4.69) is 30.9 Å². The van der Waals surface area contributed by atoms with Crippen LogP contribution >= 0.6 is 0 Å². The third kappa shape index (κ3) is 3.45. The van der Waals surface area contributed by atoms with E-state index in [9.17, 15) is 4.79 Å². The van der Waals surface area contributed by atoms with Crippen LogP contribution in [0.5, 0.6) is 0 Å². The molecule has 9 heteroatoms. The van der Waals surface area contributed by atoms with Crippen molar-refractivity contribution in [1.82, 2.24) is 20.3 Å². The van der Waals surface area contributed by atoms with Crippen LogP contribution in [0.2, 0.25) is 0 Å². The first-order chi connectivity index (χ1) is 15.7. The Morgan fingerprint density at radius 1 is 0.969 bits per heavy atom. The minimum Gasteiger partial charge on any atom is -0.462 e. The van der Waals surface area contributed by atoms with Crippen LogP contribution in [0.25, 0.3) is 11.3 Å². The highest BCUT2D eigenvalue weighted by atomic mass is 16.6. The van der Waals surface area contributed by atoms with Gasteiger partial charge in [-0.25, -0.2) is 19.4 Å². The van der Waals surface area contributed by atoms with Gasteiger partial charge < -0.3 is 15.4 Å². The first kappa shape index (κ1) is 19.5. The Morgan fingerprint density at radius 2 is 1.59 bits per heavy atom. The number of aromatic nitrogens is 4. The number of benzene rings is 1. The van der Waals surface area contributed by atoms with E-state index in [1.54, 1.807) is 19.1 Å². The summed E-state index contributed by atoms with van der Waals surface area (Å²) in [6.45, 7) is 2.14. The fraction of sp³-hybridized carbons (Fsp3) is 0.522. The number of carbonyl (C=O) groups excluding carboxylic acids is 1. The number of fused-ring (bicyclic) bond motifs is 1. The molecule has 2 heterocycles. The maximum atomic E-state index is 11.9. The Hall–Kier alpha value is -3.23. The number of anilines is 3. The van der Waals surface area contributed by atoms with E-state index in [-0.39, 0.29) is 5.97 Å². The molecule has 9 nitrogen and oxygen atoms in total. The highest BCUT2D eigenvalue weighted by Gasteiger charge is 2.48. The topological polar surface area (TPSA) is 115 Å². The number of ether oxygens (including phenoxy) is 1. The van der Waals surface area contributed by atoms with E-state index in [0.717, 1.165) is 17.5 Å². The maximum Gasteiger partial charge on any atom is 0.338 e. The summed E-state index contributed by atoms with van der Waals surface area (Å²) in [7, 11) is 0. The molecular formula is C23H26N6O3. The molecule has 32 heavy (non-hydrogen) atoms. The molecule has 4 fully saturated rings. The Balaban J connectivity index is 1.27. The molecular weight excluding hydrogens is 408 g/mol. The maximum absolute atomic E-state index is 11.9. The van der Waals surface area contributed by atoms with E-state index in [0.29, 0.717) is 53.0 Å². The van der Waals surface area contributed by atoms with Gasteiger partial charge in [-0.3, -0.25) is 0 Å². The monoisotopic (exact) mass is 434 g/mol. The first-order valence-corrected chi connectivity index (χ1v) is 11.5. The van der Waals surface area contributed by atoms with E-state index in [1.807, 2.05) is 12.1 Å². The summed E-state index contributed by atoms with van der Waals surface area (Å²) in [5.74, 6) is 4.09. The molecule has 0 amide bonds. The lowest BCUT2D eigenvalue weighted by Gasteiger charge is -2.54. The van der Waals surface area contributed by atoms with E-state index in [1.165, 1.54) is 32.1 Å². The fourth-order valence-electron chi connectivity index (χ4n) is 6.19. The van der Waals surface area contributed by atoms with E-state index >= 15 is 0 Å². The van der Waals surface area contributed by atoms with Crippen molar-refractivity contribution in [3.63, 3.8) is 0 Å². The van der Waals surface area contributed by atoms with Crippen LogP contribution in [0.4, 0.5) is 17.3 Å². The summed E-state index contributed by atoms with van der Waals surface area (Å²) in [4.78, 5) is 21.2. The smallest absolute Gasteiger partial charge is 0.338 e. The fourth-order valence-corrected chi connectivity index (χ4v) is 6.19.